The van der Waals surface area contributed by atoms with Gasteiger partial charge in [0.15, 0.2) is 0 Å². The topological polar surface area (TPSA) is 29.5 Å². The lowest BCUT2D eigenvalue weighted by Crippen LogP contribution is -2.45. The molecule has 2 aromatic rings. The summed E-state index contributed by atoms with van der Waals surface area (Å²) >= 11 is 0. The molecular weight excluding hydrogens is 298 g/mol. The normalized spacial score (nSPS) is 23.2. The first-order valence-corrected chi connectivity index (χ1v) is 8.78. The number of benzene rings is 2. The SMILES string of the molecule is CC1CC(C)CN(C(=O)C2c3ccccc3Oc3ccccc32)C1. The molecule has 0 spiro atoms. The van der Waals surface area contributed by atoms with E-state index in [0.717, 1.165) is 35.7 Å². The Kier molecular flexibility index (Phi) is 3.79. The molecule has 1 saturated heterocycles. The maximum absolute atomic E-state index is 13.4. The Morgan fingerprint density at radius 1 is 0.917 bits per heavy atom. The summed E-state index contributed by atoms with van der Waals surface area (Å²) in [4.78, 5) is 15.5. The van der Waals surface area contributed by atoms with Gasteiger partial charge in [0.25, 0.3) is 0 Å². The molecule has 0 aromatic heterocycles. The Labute approximate surface area is 143 Å². The molecule has 3 heteroatoms. The van der Waals surface area contributed by atoms with Gasteiger partial charge < -0.3 is 9.64 Å². The second-order valence-corrected chi connectivity index (χ2v) is 7.30. The average molecular weight is 321 g/mol. The van der Waals surface area contributed by atoms with E-state index in [2.05, 4.69) is 18.7 Å². The molecule has 0 radical (unpaired) electrons. The molecule has 124 valence electrons. The molecule has 1 fully saturated rings. The predicted octanol–water partition coefficient (Wildman–Crippen LogP) is 4.43. The van der Waals surface area contributed by atoms with E-state index in [0.29, 0.717) is 11.8 Å². The molecule has 0 saturated carbocycles. The van der Waals surface area contributed by atoms with E-state index < -0.39 is 0 Å². The number of rotatable bonds is 1. The van der Waals surface area contributed by atoms with Crippen LogP contribution >= 0.6 is 0 Å². The van der Waals surface area contributed by atoms with E-state index in [4.69, 9.17) is 4.74 Å². The van der Waals surface area contributed by atoms with Gasteiger partial charge in [-0.25, -0.2) is 0 Å². The highest BCUT2D eigenvalue weighted by Gasteiger charge is 2.37. The zero-order valence-electron chi connectivity index (χ0n) is 14.2. The Balaban J connectivity index is 1.75. The molecule has 3 nitrogen and oxygen atoms in total. The molecule has 1 amide bonds. The number of nitrogens with zero attached hydrogens (tertiary/aromatic N) is 1. The highest BCUT2D eigenvalue weighted by molar-refractivity contribution is 5.89. The lowest BCUT2D eigenvalue weighted by molar-refractivity contribution is -0.134. The third-order valence-corrected chi connectivity index (χ3v) is 5.11. The molecular formula is C21H23NO2. The van der Waals surface area contributed by atoms with E-state index in [1.165, 1.54) is 6.42 Å². The van der Waals surface area contributed by atoms with Gasteiger partial charge in [0.1, 0.15) is 11.5 Å². The Bertz CT molecular complexity index is 714. The standard InChI is InChI=1S/C21H23NO2/c1-14-11-15(2)13-22(12-14)21(23)20-16-7-3-5-9-18(16)24-19-10-6-4-8-17(19)20/h3-10,14-15,20H,11-13H2,1-2H3. The Hall–Kier alpha value is -2.29. The maximum atomic E-state index is 13.4. The molecule has 2 atom stereocenters. The lowest BCUT2D eigenvalue weighted by atomic mass is 9.85. The highest BCUT2D eigenvalue weighted by Crippen LogP contribution is 2.45. The van der Waals surface area contributed by atoms with Gasteiger partial charge >= 0.3 is 0 Å². The second kappa shape index (κ2) is 5.97. The molecule has 0 bridgehead atoms. The number of para-hydroxylation sites is 2. The van der Waals surface area contributed by atoms with Gasteiger partial charge in [-0.05, 0) is 30.4 Å². The molecule has 2 aliphatic rings. The van der Waals surface area contributed by atoms with Crippen molar-refractivity contribution in [1.82, 2.24) is 4.90 Å². The van der Waals surface area contributed by atoms with Crippen molar-refractivity contribution < 1.29 is 9.53 Å². The van der Waals surface area contributed by atoms with Crippen LogP contribution in [0.1, 0.15) is 37.3 Å². The van der Waals surface area contributed by atoms with E-state index in [-0.39, 0.29) is 11.8 Å². The van der Waals surface area contributed by atoms with Gasteiger partial charge in [0.05, 0.1) is 5.92 Å². The van der Waals surface area contributed by atoms with Crippen LogP contribution in [0.15, 0.2) is 48.5 Å². The quantitative estimate of drug-likeness (QED) is 0.777. The number of carbonyl (C=O) groups is 1. The first-order valence-electron chi connectivity index (χ1n) is 8.78. The second-order valence-electron chi connectivity index (χ2n) is 7.30. The number of piperidine rings is 1. The van der Waals surface area contributed by atoms with Gasteiger partial charge in [-0.1, -0.05) is 50.2 Å². The molecule has 24 heavy (non-hydrogen) atoms. The van der Waals surface area contributed by atoms with Crippen LogP contribution in [0.5, 0.6) is 11.5 Å². The van der Waals surface area contributed by atoms with Crippen molar-refractivity contribution >= 4 is 5.91 Å². The summed E-state index contributed by atoms with van der Waals surface area (Å²) in [6, 6.07) is 15.8. The molecule has 2 unspecified atom stereocenters. The summed E-state index contributed by atoms with van der Waals surface area (Å²) in [5.74, 6) is 2.66. The van der Waals surface area contributed by atoms with Crippen LogP contribution in [0.4, 0.5) is 0 Å². The van der Waals surface area contributed by atoms with Gasteiger partial charge in [-0.15, -0.1) is 0 Å². The summed E-state index contributed by atoms with van der Waals surface area (Å²) in [5.41, 5.74) is 1.96. The van der Waals surface area contributed by atoms with Crippen LogP contribution in [0.2, 0.25) is 0 Å². The minimum Gasteiger partial charge on any atom is -0.457 e. The van der Waals surface area contributed by atoms with Gasteiger partial charge in [-0.2, -0.15) is 0 Å². The number of ether oxygens (including phenoxy) is 1. The van der Waals surface area contributed by atoms with Crippen molar-refractivity contribution in [2.24, 2.45) is 11.8 Å². The van der Waals surface area contributed by atoms with Crippen LogP contribution in [-0.4, -0.2) is 23.9 Å². The number of likely N-dealkylation sites (tertiary alicyclic amines) is 1. The van der Waals surface area contributed by atoms with Crippen molar-refractivity contribution in [3.05, 3.63) is 59.7 Å². The summed E-state index contributed by atoms with van der Waals surface area (Å²) in [7, 11) is 0. The van der Waals surface area contributed by atoms with Crippen LogP contribution in [0, 0.1) is 11.8 Å². The van der Waals surface area contributed by atoms with Gasteiger partial charge in [0.2, 0.25) is 5.91 Å². The largest absolute Gasteiger partial charge is 0.457 e. The third kappa shape index (κ3) is 2.58. The van der Waals surface area contributed by atoms with Gasteiger partial charge in [0, 0.05) is 24.2 Å². The first-order chi connectivity index (χ1) is 11.6. The zero-order valence-corrected chi connectivity index (χ0v) is 14.2. The highest BCUT2D eigenvalue weighted by atomic mass is 16.5. The maximum Gasteiger partial charge on any atom is 0.234 e. The summed E-state index contributed by atoms with van der Waals surface area (Å²) in [6.07, 6.45) is 1.20. The van der Waals surface area contributed by atoms with Crippen molar-refractivity contribution in [3.8, 4) is 11.5 Å². The fourth-order valence-corrected chi connectivity index (χ4v) is 4.20. The lowest BCUT2D eigenvalue weighted by Gasteiger charge is -2.38. The van der Waals surface area contributed by atoms with Crippen molar-refractivity contribution in [1.29, 1.82) is 0 Å². The smallest absolute Gasteiger partial charge is 0.234 e. The Morgan fingerprint density at radius 2 is 1.42 bits per heavy atom. The number of carbonyl (C=O) groups excluding carboxylic acids is 1. The van der Waals surface area contributed by atoms with Crippen molar-refractivity contribution in [2.75, 3.05) is 13.1 Å². The van der Waals surface area contributed by atoms with Crippen molar-refractivity contribution in [2.45, 2.75) is 26.2 Å². The molecule has 2 aliphatic heterocycles. The number of amides is 1. The monoisotopic (exact) mass is 321 g/mol. The first kappa shape index (κ1) is 15.3. The molecule has 0 aliphatic carbocycles. The number of hydrogen-bond donors (Lipinski definition) is 0. The minimum absolute atomic E-state index is 0.205. The number of hydrogen-bond acceptors (Lipinski definition) is 2. The Morgan fingerprint density at radius 3 is 1.96 bits per heavy atom. The van der Waals surface area contributed by atoms with E-state index >= 15 is 0 Å². The fourth-order valence-electron chi connectivity index (χ4n) is 4.20. The van der Waals surface area contributed by atoms with Crippen molar-refractivity contribution in [3.63, 3.8) is 0 Å². The molecule has 4 rings (SSSR count). The molecule has 2 heterocycles. The van der Waals surface area contributed by atoms with E-state index in [9.17, 15) is 4.79 Å². The van der Waals surface area contributed by atoms with E-state index in [1.54, 1.807) is 0 Å². The number of fused-ring (bicyclic) bond motifs is 2. The van der Waals surface area contributed by atoms with Crippen LogP contribution in [0.25, 0.3) is 0 Å². The summed E-state index contributed by atoms with van der Waals surface area (Å²) in [5, 5.41) is 0. The summed E-state index contributed by atoms with van der Waals surface area (Å²) < 4.78 is 6.02. The summed E-state index contributed by atoms with van der Waals surface area (Å²) in [6.45, 7) is 6.18. The van der Waals surface area contributed by atoms with Crippen LogP contribution in [0.3, 0.4) is 0 Å². The third-order valence-electron chi connectivity index (χ3n) is 5.11. The molecule has 0 N–H and O–H groups in total. The molecule has 2 aromatic carbocycles. The fraction of sp³-hybridized carbons (Fsp3) is 0.381. The average Bonchev–Trinajstić information content (AvgIpc) is 2.58. The predicted molar refractivity (Wildman–Crippen MR) is 94.3 cm³/mol. The van der Waals surface area contributed by atoms with Gasteiger partial charge in [-0.3, -0.25) is 4.79 Å². The van der Waals surface area contributed by atoms with Crippen LogP contribution in [-0.2, 0) is 4.79 Å². The van der Waals surface area contributed by atoms with E-state index in [1.807, 2.05) is 48.5 Å². The minimum atomic E-state index is -0.261. The zero-order chi connectivity index (χ0) is 16.7. The van der Waals surface area contributed by atoms with Crippen LogP contribution < -0.4 is 4.74 Å².